The van der Waals surface area contributed by atoms with E-state index in [1.165, 1.54) is 5.56 Å². The summed E-state index contributed by atoms with van der Waals surface area (Å²) in [5, 5.41) is 11.7. The Morgan fingerprint density at radius 2 is 1.95 bits per heavy atom. The molecule has 2 atom stereocenters. The molecule has 5 nitrogen and oxygen atoms in total. The average Bonchev–Trinajstić information content (AvgIpc) is 3.13. The van der Waals surface area contributed by atoms with Crippen molar-refractivity contribution in [3.05, 3.63) is 35.9 Å². The van der Waals surface area contributed by atoms with E-state index in [-0.39, 0.29) is 24.4 Å². The maximum absolute atomic E-state index is 12.0. The molecule has 1 saturated carbocycles. The van der Waals surface area contributed by atoms with E-state index in [2.05, 4.69) is 17.4 Å². The first-order chi connectivity index (χ1) is 9.63. The minimum absolute atomic E-state index is 0.0601. The molecular formula is C15H18N2O3. The van der Waals surface area contributed by atoms with Crippen molar-refractivity contribution in [2.75, 3.05) is 13.1 Å². The standard InChI is InChI=1S/C15H18N2O3/c18-14(19)6-10-8-17(9-10)15(20)16-13-7-12(13)11-4-2-1-3-5-11/h1-5,10,12-13H,6-9H2,(H,16,20)(H,18,19). The molecule has 0 aromatic heterocycles. The quantitative estimate of drug-likeness (QED) is 0.877. The van der Waals surface area contributed by atoms with Crippen LogP contribution in [0.3, 0.4) is 0 Å². The van der Waals surface area contributed by atoms with Crippen LogP contribution >= 0.6 is 0 Å². The van der Waals surface area contributed by atoms with Gasteiger partial charge in [-0.15, -0.1) is 0 Å². The lowest BCUT2D eigenvalue weighted by atomic mass is 9.97. The minimum Gasteiger partial charge on any atom is -0.481 e. The molecule has 2 unspecified atom stereocenters. The molecule has 2 N–H and O–H groups in total. The Hall–Kier alpha value is -2.04. The molecule has 0 bridgehead atoms. The fourth-order valence-corrected chi connectivity index (χ4v) is 2.78. The molecule has 1 aliphatic heterocycles. The number of likely N-dealkylation sites (tertiary alicyclic amines) is 1. The van der Waals surface area contributed by atoms with Crippen LogP contribution in [0.25, 0.3) is 0 Å². The molecule has 1 heterocycles. The van der Waals surface area contributed by atoms with Gasteiger partial charge in [0.1, 0.15) is 0 Å². The Labute approximate surface area is 117 Å². The van der Waals surface area contributed by atoms with Gasteiger partial charge >= 0.3 is 12.0 Å². The van der Waals surface area contributed by atoms with Crippen molar-refractivity contribution in [1.82, 2.24) is 10.2 Å². The molecule has 20 heavy (non-hydrogen) atoms. The van der Waals surface area contributed by atoms with Crippen molar-refractivity contribution >= 4 is 12.0 Å². The highest BCUT2D eigenvalue weighted by atomic mass is 16.4. The first-order valence-electron chi connectivity index (χ1n) is 6.95. The minimum atomic E-state index is -0.790. The number of rotatable bonds is 4. The molecule has 0 spiro atoms. The Bertz CT molecular complexity index is 511. The van der Waals surface area contributed by atoms with E-state index in [0.717, 1.165) is 6.42 Å². The van der Waals surface area contributed by atoms with Crippen LogP contribution in [0, 0.1) is 5.92 Å². The summed E-state index contributed by atoms with van der Waals surface area (Å²) in [6.45, 7) is 1.11. The number of amides is 2. The fourth-order valence-electron chi connectivity index (χ4n) is 2.78. The zero-order valence-electron chi connectivity index (χ0n) is 11.2. The largest absolute Gasteiger partial charge is 0.481 e. The lowest BCUT2D eigenvalue weighted by molar-refractivity contribution is -0.139. The summed E-state index contributed by atoms with van der Waals surface area (Å²) in [6, 6.07) is 10.4. The number of hydrogen-bond donors (Lipinski definition) is 2. The van der Waals surface area contributed by atoms with Crippen molar-refractivity contribution in [2.45, 2.75) is 24.8 Å². The van der Waals surface area contributed by atoms with Gasteiger partial charge in [-0.2, -0.15) is 0 Å². The van der Waals surface area contributed by atoms with Crippen LogP contribution in [-0.4, -0.2) is 41.1 Å². The summed E-state index contributed by atoms with van der Waals surface area (Å²) in [5.41, 5.74) is 1.27. The van der Waals surface area contributed by atoms with Crippen LogP contribution in [0.2, 0.25) is 0 Å². The van der Waals surface area contributed by atoms with E-state index in [1.54, 1.807) is 4.90 Å². The molecular weight excluding hydrogens is 256 g/mol. The second kappa shape index (κ2) is 5.15. The van der Waals surface area contributed by atoms with Gasteiger partial charge < -0.3 is 15.3 Å². The van der Waals surface area contributed by atoms with Crippen molar-refractivity contribution < 1.29 is 14.7 Å². The zero-order chi connectivity index (χ0) is 14.1. The Balaban J connectivity index is 1.42. The van der Waals surface area contributed by atoms with Crippen molar-refractivity contribution in [3.8, 4) is 0 Å². The smallest absolute Gasteiger partial charge is 0.317 e. The van der Waals surface area contributed by atoms with Crippen LogP contribution in [0.1, 0.15) is 24.3 Å². The molecule has 3 rings (SSSR count). The summed E-state index contributed by atoms with van der Waals surface area (Å²) >= 11 is 0. The second-order valence-corrected chi connectivity index (χ2v) is 5.68. The van der Waals surface area contributed by atoms with Gasteiger partial charge in [-0.3, -0.25) is 4.79 Å². The van der Waals surface area contributed by atoms with Gasteiger partial charge in [-0.25, -0.2) is 4.79 Å². The van der Waals surface area contributed by atoms with Crippen molar-refractivity contribution in [1.29, 1.82) is 0 Å². The molecule has 5 heteroatoms. The van der Waals surface area contributed by atoms with Gasteiger partial charge in [-0.1, -0.05) is 30.3 Å². The number of carbonyl (C=O) groups is 2. The molecule has 2 fully saturated rings. The van der Waals surface area contributed by atoms with Crippen LogP contribution in [0.5, 0.6) is 0 Å². The van der Waals surface area contributed by atoms with E-state index in [1.807, 2.05) is 18.2 Å². The van der Waals surface area contributed by atoms with Crippen LogP contribution in [0.15, 0.2) is 30.3 Å². The maximum atomic E-state index is 12.0. The summed E-state index contributed by atoms with van der Waals surface area (Å²) in [6.07, 6.45) is 1.14. The highest BCUT2D eigenvalue weighted by molar-refractivity contribution is 5.76. The van der Waals surface area contributed by atoms with Gasteiger partial charge in [0, 0.05) is 31.0 Å². The van der Waals surface area contributed by atoms with Crippen LogP contribution < -0.4 is 5.32 Å². The molecule has 1 aromatic rings. The normalized spacial score (nSPS) is 24.9. The third-order valence-electron chi connectivity index (χ3n) is 4.03. The highest BCUT2D eigenvalue weighted by Gasteiger charge is 2.41. The predicted molar refractivity (Wildman–Crippen MR) is 73.4 cm³/mol. The topological polar surface area (TPSA) is 69.6 Å². The van der Waals surface area contributed by atoms with Gasteiger partial charge in [0.15, 0.2) is 0 Å². The van der Waals surface area contributed by atoms with E-state index in [0.29, 0.717) is 19.0 Å². The van der Waals surface area contributed by atoms with Crippen molar-refractivity contribution in [3.63, 3.8) is 0 Å². The fraction of sp³-hybridized carbons (Fsp3) is 0.467. The Morgan fingerprint density at radius 3 is 2.60 bits per heavy atom. The van der Waals surface area contributed by atoms with E-state index in [9.17, 15) is 9.59 Å². The summed E-state index contributed by atoms with van der Waals surface area (Å²) < 4.78 is 0. The monoisotopic (exact) mass is 274 g/mol. The number of aliphatic carboxylic acids is 1. The predicted octanol–water partition coefficient (Wildman–Crippen LogP) is 1.66. The van der Waals surface area contributed by atoms with E-state index >= 15 is 0 Å². The molecule has 2 aliphatic rings. The first-order valence-corrected chi connectivity index (χ1v) is 6.95. The number of carboxylic acid groups (broad SMARTS) is 1. The van der Waals surface area contributed by atoms with E-state index < -0.39 is 5.97 Å². The number of benzene rings is 1. The Kier molecular flexibility index (Phi) is 3.34. The Morgan fingerprint density at radius 1 is 1.25 bits per heavy atom. The first kappa shape index (κ1) is 13.0. The summed E-state index contributed by atoms with van der Waals surface area (Å²) in [5.74, 6) is -0.250. The third kappa shape index (κ3) is 2.76. The number of hydrogen-bond acceptors (Lipinski definition) is 2. The summed E-state index contributed by atoms with van der Waals surface area (Å²) in [4.78, 5) is 24.2. The lowest BCUT2D eigenvalue weighted by Crippen LogP contribution is -2.54. The summed E-state index contributed by atoms with van der Waals surface area (Å²) in [7, 11) is 0. The number of nitrogens with one attached hydrogen (secondary N) is 1. The van der Waals surface area contributed by atoms with E-state index in [4.69, 9.17) is 5.11 Å². The number of urea groups is 1. The van der Waals surface area contributed by atoms with Gasteiger partial charge in [0.05, 0.1) is 6.42 Å². The third-order valence-corrected chi connectivity index (χ3v) is 4.03. The average molecular weight is 274 g/mol. The molecule has 1 aliphatic carbocycles. The zero-order valence-corrected chi connectivity index (χ0v) is 11.2. The van der Waals surface area contributed by atoms with Gasteiger partial charge in [0.25, 0.3) is 0 Å². The van der Waals surface area contributed by atoms with Crippen LogP contribution in [0.4, 0.5) is 4.79 Å². The van der Waals surface area contributed by atoms with Crippen LogP contribution in [-0.2, 0) is 4.79 Å². The molecule has 0 radical (unpaired) electrons. The molecule has 106 valence electrons. The molecule has 1 aromatic carbocycles. The maximum Gasteiger partial charge on any atom is 0.317 e. The highest BCUT2D eigenvalue weighted by Crippen LogP contribution is 2.40. The lowest BCUT2D eigenvalue weighted by Gasteiger charge is -2.38. The number of nitrogens with zero attached hydrogens (tertiary/aromatic N) is 1. The molecule has 1 saturated heterocycles. The van der Waals surface area contributed by atoms with Gasteiger partial charge in [0.2, 0.25) is 0 Å². The SMILES string of the molecule is O=C(O)CC1CN(C(=O)NC2CC2c2ccccc2)C1. The number of carboxylic acids is 1. The van der Waals surface area contributed by atoms with Gasteiger partial charge in [-0.05, 0) is 12.0 Å². The second-order valence-electron chi connectivity index (χ2n) is 5.68. The number of carbonyl (C=O) groups excluding carboxylic acids is 1. The van der Waals surface area contributed by atoms with Crippen molar-refractivity contribution in [2.24, 2.45) is 5.92 Å². The molecule has 2 amide bonds.